The molecule has 1 fully saturated rings. The molecule has 1 heterocycles. The maximum absolute atomic E-state index is 5.41. The van der Waals surface area contributed by atoms with Gasteiger partial charge < -0.3 is 4.74 Å². The third kappa shape index (κ3) is 6.46. The highest BCUT2D eigenvalue weighted by molar-refractivity contribution is 8.02. The molecule has 0 radical (unpaired) electrons. The largest absolute Gasteiger partial charge is 0.381 e. The van der Waals surface area contributed by atoms with Crippen LogP contribution >= 0.6 is 11.8 Å². The van der Waals surface area contributed by atoms with E-state index < -0.39 is 0 Å². The van der Waals surface area contributed by atoms with Gasteiger partial charge in [-0.05, 0) is 50.5 Å². The number of allylic oxidation sites excluding steroid dienone is 5. The number of thioether (sulfide) groups is 1. The van der Waals surface area contributed by atoms with Crippen LogP contribution in [0.2, 0.25) is 0 Å². The van der Waals surface area contributed by atoms with Gasteiger partial charge in [-0.1, -0.05) is 32.1 Å². The third-order valence-corrected chi connectivity index (χ3v) is 3.63. The summed E-state index contributed by atoms with van der Waals surface area (Å²) in [5.74, 6) is 0.686. The molecule has 1 nitrogen and oxygen atoms in total. The van der Waals surface area contributed by atoms with E-state index in [1.165, 1.54) is 10.5 Å². The van der Waals surface area contributed by atoms with Crippen LogP contribution in [0, 0.1) is 5.92 Å². The Kier molecular flexibility index (Phi) is 11.3. The number of rotatable bonds is 4. The molecule has 0 unspecified atom stereocenters. The lowest BCUT2D eigenvalue weighted by molar-refractivity contribution is 0.0765. The van der Waals surface area contributed by atoms with Crippen LogP contribution in [0.5, 0.6) is 0 Å². The van der Waals surface area contributed by atoms with E-state index in [4.69, 9.17) is 4.74 Å². The molecule has 0 bridgehead atoms. The fraction of sp³-hybridized carbons (Fsp3) is 0.625. The molecule has 0 aliphatic carbocycles. The molecule has 0 atom stereocenters. The molecule has 0 aromatic rings. The van der Waals surface area contributed by atoms with Gasteiger partial charge in [-0.2, -0.15) is 0 Å². The summed E-state index contributed by atoms with van der Waals surface area (Å²) < 4.78 is 5.41. The van der Waals surface area contributed by atoms with Gasteiger partial charge in [0.1, 0.15) is 0 Å². The van der Waals surface area contributed by atoms with Crippen LogP contribution in [-0.4, -0.2) is 19.5 Å². The second-order valence-electron chi connectivity index (χ2n) is 3.93. The summed E-state index contributed by atoms with van der Waals surface area (Å²) in [5.41, 5.74) is 1.46. The Bertz CT molecular complexity index is 283. The quantitative estimate of drug-likeness (QED) is 0.647. The van der Waals surface area contributed by atoms with Gasteiger partial charge in [-0.15, -0.1) is 11.8 Å². The van der Waals surface area contributed by atoms with Crippen molar-refractivity contribution in [2.75, 3.05) is 19.5 Å². The molecule has 0 amide bonds. The summed E-state index contributed by atoms with van der Waals surface area (Å²) in [6.45, 7) is 10.0. The van der Waals surface area contributed by atoms with Crippen LogP contribution < -0.4 is 0 Å². The van der Waals surface area contributed by atoms with Crippen LogP contribution in [-0.2, 0) is 4.74 Å². The zero-order valence-electron chi connectivity index (χ0n) is 12.5. The van der Waals surface area contributed by atoms with Crippen molar-refractivity contribution >= 4 is 11.8 Å². The lowest BCUT2D eigenvalue weighted by atomic mass is 9.91. The summed E-state index contributed by atoms with van der Waals surface area (Å²) >= 11 is 1.80. The molecule has 0 saturated carbocycles. The molecular weight excluding hydrogens is 240 g/mol. The average Bonchev–Trinajstić information content (AvgIpc) is 2.46. The lowest BCUT2D eigenvalue weighted by Gasteiger charge is -2.23. The highest BCUT2D eigenvalue weighted by Gasteiger charge is 2.16. The van der Waals surface area contributed by atoms with Crippen molar-refractivity contribution in [3.8, 4) is 0 Å². The predicted molar refractivity (Wildman–Crippen MR) is 85.1 cm³/mol. The fourth-order valence-electron chi connectivity index (χ4n) is 1.97. The second kappa shape index (κ2) is 11.6. The Morgan fingerprint density at radius 1 is 1.17 bits per heavy atom. The number of ether oxygens (including phenoxy) is 1. The van der Waals surface area contributed by atoms with Gasteiger partial charge in [0.15, 0.2) is 0 Å². The van der Waals surface area contributed by atoms with Crippen molar-refractivity contribution in [3.05, 3.63) is 34.8 Å². The molecule has 1 rings (SSSR count). The fourth-order valence-corrected chi connectivity index (χ4v) is 2.50. The van der Waals surface area contributed by atoms with E-state index in [-0.39, 0.29) is 0 Å². The van der Waals surface area contributed by atoms with Gasteiger partial charge in [0, 0.05) is 18.1 Å². The molecule has 0 aromatic carbocycles. The Morgan fingerprint density at radius 2 is 1.78 bits per heavy atom. The lowest BCUT2D eigenvalue weighted by Crippen LogP contribution is -2.16. The van der Waals surface area contributed by atoms with Crippen molar-refractivity contribution in [3.63, 3.8) is 0 Å². The van der Waals surface area contributed by atoms with Crippen LogP contribution in [0.25, 0.3) is 0 Å². The van der Waals surface area contributed by atoms with E-state index in [0.717, 1.165) is 26.1 Å². The summed E-state index contributed by atoms with van der Waals surface area (Å²) in [6, 6.07) is 0. The van der Waals surface area contributed by atoms with E-state index in [9.17, 15) is 0 Å². The van der Waals surface area contributed by atoms with Crippen molar-refractivity contribution in [1.82, 2.24) is 0 Å². The highest BCUT2D eigenvalue weighted by atomic mass is 32.2. The highest BCUT2D eigenvalue weighted by Crippen LogP contribution is 2.27. The predicted octanol–water partition coefficient (Wildman–Crippen LogP) is 5.21. The monoisotopic (exact) mass is 268 g/mol. The van der Waals surface area contributed by atoms with E-state index in [1.54, 1.807) is 11.8 Å². The van der Waals surface area contributed by atoms with Crippen LogP contribution in [0.15, 0.2) is 34.8 Å². The first-order valence-electron chi connectivity index (χ1n) is 6.94. The minimum Gasteiger partial charge on any atom is -0.381 e. The summed E-state index contributed by atoms with van der Waals surface area (Å²) in [4.78, 5) is 1.34. The summed E-state index contributed by atoms with van der Waals surface area (Å²) in [7, 11) is 0. The minimum absolute atomic E-state index is 0.686. The summed E-state index contributed by atoms with van der Waals surface area (Å²) in [5, 5.41) is 0. The number of hydrogen-bond acceptors (Lipinski definition) is 2. The van der Waals surface area contributed by atoms with Gasteiger partial charge in [0.25, 0.3) is 0 Å². The molecule has 2 heteroatoms. The maximum Gasteiger partial charge on any atom is 0.0471 e. The van der Waals surface area contributed by atoms with Gasteiger partial charge >= 0.3 is 0 Å². The molecule has 18 heavy (non-hydrogen) atoms. The zero-order chi connectivity index (χ0) is 13.8. The van der Waals surface area contributed by atoms with E-state index in [2.05, 4.69) is 44.4 Å². The Hall–Kier alpha value is -0.470. The van der Waals surface area contributed by atoms with E-state index in [1.807, 2.05) is 13.8 Å². The molecule has 1 aliphatic heterocycles. The van der Waals surface area contributed by atoms with Crippen molar-refractivity contribution < 1.29 is 4.74 Å². The van der Waals surface area contributed by atoms with Gasteiger partial charge in [-0.25, -0.2) is 0 Å². The van der Waals surface area contributed by atoms with Gasteiger partial charge in [0.2, 0.25) is 0 Å². The van der Waals surface area contributed by atoms with E-state index in [0.29, 0.717) is 5.92 Å². The van der Waals surface area contributed by atoms with Crippen molar-refractivity contribution in [2.24, 2.45) is 5.92 Å². The SMILES string of the molecule is CC.C\C=C/C(=C\C(=C/C)C1CCOCC1)SC. The molecule has 0 spiro atoms. The van der Waals surface area contributed by atoms with Crippen LogP contribution in [0.4, 0.5) is 0 Å². The second-order valence-corrected chi connectivity index (χ2v) is 4.81. The third-order valence-electron chi connectivity index (χ3n) is 2.90. The minimum atomic E-state index is 0.686. The van der Waals surface area contributed by atoms with Gasteiger partial charge in [0.05, 0.1) is 0 Å². The first-order chi connectivity index (χ1) is 8.81. The molecular formula is C16H28OS. The Labute approximate surface area is 117 Å². The molecule has 0 aromatic heterocycles. The van der Waals surface area contributed by atoms with Crippen molar-refractivity contribution in [2.45, 2.75) is 40.5 Å². The number of hydrogen-bond donors (Lipinski definition) is 0. The van der Waals surface area contributed by atoms with E-state index >= 15 is 0 Å². The zero-order valence-corrected chi connectivity index (χ0v) is 13.3. The summed E-state index contributed by atoms with van der Waals surface area (Å²) in [6.07, 6.45) is 13.3. The molecule has 104 valence electrons. The smallest absolute Gasteiger partial charge is 0.0471 e. The topological polar surface area (TPSA) is 9.23 Å². The standard InChI is InChI=1S/C14H22OS.C2H6/c1-4-6-14(16-3)11-12(5-2)13-7-9-15-10-8-13;1-2/h4-6,11,13H,7-10H2,1-3H3;1-2H3/b6-4-,12-5+,14-11+;. The first-order valence-corrected chi connectivity index (χ1v) is 8.16. The maximum atomic E-state index is 5.41. The Morgan fingerprint density at radius 3 is 2.22 bits per heavy atom. The van der Waals surface area contributed by atoms with Gasteiger partial charge in [-0.3, -0.25) is 0 Å². The molecule has 1 aliphatic rings. The normalized spacial score (nSPS) is 18.7. The average molecular weight is 268 g/mol. The molecule has 1 saturated heterocycles. The Balaban J connectivity index is 0.00000137. The van der Waals surface area contributed by atoms with Crippen LogP contribution in [0.1, 0.15) is 40.5 Å². The van der Waals surface area contributed by atoms with Crippen molar-refractivity contribution in [1.29, 1.82) is 0 Å². The molecule has 0 N–H and O–H groups in total. The first kappa shape index (κ1) is 17.5. The van der Waals surface area contributed by atoms with Crippen LogP contribution in [0.3, 0.4) is 0 Å².